The number of fused-ring (bicyclic) bond motifs is 2. The Hall–Kier alpha value is -3.28. The molecule has 0 aliphatic heterocycles. The first kappa shape index (κ1) is 15.0. The summed E-state index contributed by atoms with van der Waals surface area (Å²) >= 11 is 0. The summed E-state index contributed by atoms with van der Waals surface area (Å²) in [5, 5.41) is 7.89. The molecule has 0 bridgehead atoms. The molecule has 1 fully saturated rings. The van der Waals surface area contributed by atoms with Gasteiger partial charge in [0.2, 0.25) is 5.95 Å². The number of aromatic nitrogens is 5. The highest BCUT2D eigenvalue weighted by Gasteiger charge is 2.21. The van der Waals surface area contributed by atoms with Crippen LogP contribution >= 0.6 is 0 Å². The van der Waals surface area contributed by atoms with Crippen molar-refractivity contribution in [2.75, 3.05) is 11.9 Å². The van der Waals surface area contributed by atoms with E-state index in [4.69, 9.17) is 4.98 Å². The van der Waals surface area contributed by atoms with Crippen LogP contribution in [-0.4, -0.2) is 31.1 Å². The third-order valence-corrected chi connectivity index (χ3v) is 4.85. The topological polar surface area (TPSA) is 68.0 Å². The van der Waals surface area contributed by atoms with Crippen molar-refractivity contribution in [3.8, 4) is 11.3 Å². The summed E-state index contributed by atoms with van der Waals surface area (Å²) in [6.07, 6.45) is 7.77. The van der Waals surface area contributed by atoms with Crippen molar-refractivity contribution in [1.82, 2.24) is 24.6 Å². The minimum absolute atomic E-state index is 0. The van der Waals surface area contributed by atoms with Crippen molar-refractivity contribution in [3.63, 3.8) is 0 Å². The van der Waals surface area contributed by atoms with Crippen LogP contribution in [0, 0.1) is 5.92 Å². The van der Waals surface area contributed by atoms with Crippen molar-refractivity contribution in [2.24, 2.45) is 5.92 Å². The molecule has 1 aliphatic rings. The van der Waals surface area contributed by atoms with Gasteiger partial charge in [-0.15, -0.1) is 5.10 Å². The molecule has 0 radical (unpaired) electrons. The molecular weight excluding hydrogens is 324 g/mol. The van der Waals surface area contributed by atoms with Crippen LogP contribution in [0.1, 0.15) is 14.3 Å². The van der Waals surface area contributed by atoms with Crippen molar-refractivity contribution in [1.29, 1.82) is 0 Å². The summed E-state index contributed by atoms with van der Waals surface area (Å²) < 4.78 is 1.85. The summed E-state index contributed by atoms with van der Waals surface area (Å²) in [6, 6.07) is 9.87. The van der Waals surface area contributed by atoms with Gasteiger partial charge in [-0.05, 0) is 49.1 Å². The predicted molar refractivity (Wildman–Crippen MR) is 104 cm³/mol. The van der Waals surface area contributed by atoms with E-state index < -0.39 is 0 Å². The number of hydrogen-bond acceptors (Lipinski definition) is 5. The zero-order chi connectivity index (χ0) is 17.5. The summed E-state index contributed by atoms with van der Waals surface area (Å²) in [4.78, 5) is 13.5. The fourth-order valence-electron chi connectivity index (χ4n) is 3.44. The number of rotatable bonds is 4. The van der Waals surface area contributed by atoms with Gasteiger partial charge >= 0.3 is 0 Å². The second-order valence-electron chi connectivity index (χ2n) is 6.78. The maximum atomic E-state index is 4.72. The Bertz CT molecular complexity index is 1130. The molecule has 4 heterocycles. The molecule has 4 aromatic rings. The monoisotopic (exact) mass is 344 g/mol. The van der Waals surface area contributed by atoms with Gasteiger partial charge in [-0.25, -0.2) is 14.5 Å². The van der Waals surface area contributed by atoms with E-state index >= 15 is 0 Å². The Morgan fingerprint density at radius 1 is 1.15 bits per heavy atom. The first-order chi connectivity index (χ1) is 12.8. The fraction of sp³-hybridized carbons (Fsp3) is 0.200. The maximum Gasteiger partial charge on any atom is 0.241 e. The van der Waals surface area contributed by atoms with Crippen LogP contribution in [0.2, 0.25) is 0 Å². The highest BCUT2D eigenvalue weighted by molar-refractivity contribution is 5.83. The second-order valence-corrected chi connectivity index (χ2v) is 6.78. The largest absolute Gasteiger partial charge is 0.353 e. The van der Waals surface area contributed by atoms with Gasteiger partial charge in [0.1, 0.15) is 0 Å². The summed E-state index contributed by atoms with van der Waals surface area (Å²) in [5.74, 6) is 1.30. The Morgan fingerprint density at radius 2 is 2.08 bits per heavy atom. The van der Waals surface area contributed by atoms with E-state index in [2.05, 4.69) is 27.0 Å². The van der Waals surface area contributed by atoms with E-state index in [1.165, 1.54) is 5.57 Å². The molecule has 1 saturated carbocycles. The van der Waals surface area contributed by atoms with Crippen LogP contribution in [0.4, 0.5) is 5.95 Å². The fourth-order valence-corrected chi connectivity index (χ4v) is 3.44. The lowest BCUT2D eigenvalue weighted by Gasteiger charge is -2.28. The number of nitrogens with one attached hydrogen (secondary N) is 1. The zero-order valence-corrected chi connectivity index (χ0v) is 14.3. The van der Waals surface area contributed by atoms with Crippen LogP contribution in [-0.2, 0) is 0 Å². The average Bonchev–Trinajstić information content (AvgIpc) is 3.07. The van der Waals surface area contributed by atoms with E-state index in [9.17, 15) is 0 Å². The average molecular weight is 344 g/mol. The Balaban J connectivity index is 0.00000180. The number of anilines is 1. The van der Waals surface area contributed by atoms with Gasteiger partial charge in [-0.3, -0.25) is 4.98 Å². The number of pyridine rings is 2. The predicted octanol–water partition coefficient (Wildman–Crippen LogP) is 3.96. The van der Waals surface area contributed by atoms with Gasteiger partial charge in [0.05, 0.1) is 28.4 Å². The van der Waals surface area contributed by atoms with E-state index in [0.29, 0.717) is 11.9 Å². The molecule has 0 saturated heterocycles. The third kappa shape index (κ3) is 2.60. The van der Waals surface area contributed by atoms with Gasteiger partial charge in [-0.2, -0.15) is 0 Å². The number of allylic oxidation sites excluding steroid dienone is 1. The summed E-state index contributed by atoms with van der Waals surface area (Å²) in [5.41, 5.74) is 5.94. The van der Waals surface area contributed by atoms with Crippen LogP contribution in [0.25, 0.3) is 27.8 Å². The van der Waals surface area contributed by atoms with Crippen molar-refractivity contribution < 1.29 is 1.43 Å². The van der Waals surface area contributed by atoms with Gasteiger partial charge < -0.3 is 5.32 Å². The lowest BCUT2D eigenvalue weighted by Crippen LogP contribution is -2.23. The highest BCUT2D eigenvalue weighted by Crippen LogP contribution is 2.31. The Morgan fingerprint density at radius 3 is 2.96 bits per heavy atom. The minimum atomic E-state index is 0. The number of nitrogens with zero attached hydrogens (tertiary/aromatic N) is 5. The second kappa shape index (κ2) is 5.91. The molecule has 26 heavy (non-hydrogen) atoms. The first-order valence-electron chi connectivity index (χ1n) is 8.73. The molecule has 1 aliphatic carbocycles. The van der Waals surface area contributed by atoms with Gasteiger partial charge in [0, 0.05) is 25.9 Å². The lowest BCUT2D eigenvalue weighted by atomic mass is 9.81. The SMILES string of the molecule is C=C1CC(CNc2ncc3c(-c4ccc5ncccc5n4)ccn3n2)C1.[HH]. The van der Waals surface area contributed by atoms with Crippen molar-refractivity contribution in [3.05, 3.63) is 61.1 Å². The minimum Gasteiger partial charge on any atom is -0.353 e. The molecule has 0 amide bonds. The maximum absolute atomic E-state index is 4.72. The van der Waals surface area contributed by atoms with Gasteiger partial charge in [0.15, 0.2) is 0 Å². The summed E-state index contributed by atoms with van der Waals surface area (Å²) in [7, 11) is 0. The summed E-state index contributed by atoms with van der Waals surface area (Å²) in [6.45, 7) is 4.87. The van der Waals surface area contributed by atoms with Crippen LogP contribution in [0.3, 0.4) is 0 Å². The molecule has 130 valence electrons. The number of hydrogen-bond donors (Lipinski definition) is 1. The lowest BCUT2D eigenvalue weighted by molar-refractivity contribution is 0.441. The highest BCUT2D eigenvalue weighted by atomic mass is 15.3. The third-order valence-electron chi connectivity index (χ3n) is 4.85. The smallest absolute Gasteiger partial charge is 0.241 e. The van der Waals surface area contributed by atoms with E-state index in [1.807, 2.05) is 47.2 Å². The molecule has 5 rings (SSSR count). The van der Waals surface area contributed by atoms with Crippen molar-refractivity contribution >= 4 is 22.5 Å². The molecule has 4 aromatic heterocycles. The first-order valence-corrected chi connectivity index (χ1v) is 8.73. The van der Waals surface area contributed by atoms with Gasteiger partial charge in [-0.1, -0.05) is 12.2 Å². The molecule has 6 heteroatoms. The van der Waals surface area contributed by atoms with E-state index in [1.54, 1.807) is 6.20 Å². The standard InChI is InChI=1S/C20H18N6.H2/c1-13-9-14(10-13)11-22-20-23-12-19-15(6-8-26(19)25-20)16-4-5-17-18(24-16)3-2-7-21-17;/h2-8,12,14H,1,9-11H2,(H,22,25);1H. The van der Waals surface area contributed by atoms with Crippen LogP contribution in [0.15, 0.2) is 61.1 Å². The van der Waals surface area contributed by atoms with Crippen LogP contribution in [0.5, 0.6) is 0 Å². The Labute approximate surface area is 152 Å². The molecule has 0 spiro atoms. The van der Waals surface area contributed by atoms with Gasteiger partial charge in [0.25, 0.3) is 0 Å². The van der Waals surface area contributed by atoms with E-state index in [-0.39, 0.29) is 1.43 Å². The molecular formula is C20H20N6. The molecule has 0 unspecified atom stereocenters. The molecule has 0 atom stereocenters. The molecule has 1 N–H and O–H groups in total. The molecule has 0 aromatic carbocycles. The normalized spacial score (nSPS) is 14.7. The van der Waals surface area contributed by atoms with Crippen LogP contribution < -0.4 is 5.32 Å². The molecule has 6 nitrogen and oxygen atoms in total. The zero-order valence-electron chi connectivity index (χ0n) is 14.3. The van der Waals surface area contributed by atoms with Crippen molar-refractivity contribution in [2.45, 2.75) is 12.8 Å². The quantitative estimate of drug-likeness (QED) is 0.568. The van der Waals surface area contributed by atoms with E-state index in [0.717, 1.165) is 47.2 Å². The Kier molecular flexibility index (Phi) is 3.41.